The van der Waals surface area contributed by atoms with E-state index in [1.807, 2.05) is 0 Å². The summed E-state index contributed by atoms with van der Waals surface area (Å²) < 4.78 is 0. The van der Waals surface area contributed by atoms with Crippen LogP contribution in [0.3, 0.4) is 0 Å². The molecule has 1 aliphatic carbocycles. The maximum atomic E-state index is 3.51. The normalized spacial score (nSPS) is 47.1. The molecule has 2 atom stereocenters. The minimum Gasteiger partial charge on any atom is -0.316 e. The van der Waals surface area contributed by atoms with Gasteiger partial charge in [-0.1, -0.05) is 6.92 Å². The van der Waals surface area contributed by atoms with E-state index >= 15 is 0 Å². The molecule has 1 spiro atoms. The Morgan fingerprint density at radius 2 is 2.30 bits per heavy atom. The lowest BCUT2D eigenvalue weighted by Gasteiger charge is -2.51. The van der Waals surface area contributed by atoms with E-state index in [2.05, 4.69) is 12.2 Å². The van der Waals surface area contributed by atoms with Gasteiger partial charge in [-0.15, -0.1) is 0 Å². The van der Waals surface area contributed by atoms with Crippen LogP contribution in [0.15, 0.2) is 0 Å². The highest BCUT2D eigenvalue weighted by atomic mass is 14.9. The van der Waals surface area contributed by atoms with Gasteiger partial charge in [0.15, 0.2) is 0 Å². The van der Waals surface area contributed by atoms with Crippen LogP contribution in [0.25, 0.3) is 0 Å². The largest absolute Gasteiger partial charge is 0.316 e. The molecule has 2 unspecified atom stereocenters. The van der Waals surface area contributed by atoms with E-state index in [1.165, 1.54) is 38.8 Å². The predicted octanol–water partition coefficient (Wildman–Crippen LogP) is 1.79. The van der Waals surface area contributed by atoms with Crippen LogP contribution >= 0.6 is 0 Å². The molecule has 0 bridgehead atoms. The second-order valence-corrected chi connectivity index (χ2v) is 4.08. The highest BCUT2D eigenvalue weighted by molar-refractivity contribution is 4.96. The van der Waals surface area contributed by atoms with E-state index in [4.69, 9.17) is 0 Å². The summed E-state index contributed by atoms with van der Waals surface area (Å²) in [5.74, 6) is 1.00. The van der Waals surface area contributed by atoms with Crippen molar-refractivity contribution in [2.24, 2.45) is 11.3 Å². The molecule has 1 N–H and O–H groups in total. The van der Waals surface area contributed by atoms with Gasteiger partial charge in [0.1, 0.15) is 0 Å². The third kappa shape index (κ3) is 0.800. The van der Waals surface area contributed by atoms with Crippen LogP contribution in [0.5, 0.6) is 0 Å². The van der Waals surface area contributed by atoms with E-state index in [0.717, 1.165) is 11.3 Å². The van der Waals surface area contributed by atoms with Crippen LogP contribution in [-0.4, -0.2) is 13.1 Å². The molecule has 1 aliphatic heterocycles. The predicted molar refractivity (Wildman–Crippen MR) is 42.9 cm³/mol. The Morgan fingerprint density at radius 1 is 1.40 bits per heavy atom. The molecule has 0 aromatic rings. The van der Waals surface area contributed by atoms with Gasteiger partial charge in [0, 0.05) is 6.54 Å². The monoisotopic (exact) mass is 139 g/mol. The van der Waals surface area contributed by atoms with Crippen molar-refractivity contribution < 1.29 is 0 Å². The van der Waals surface area contributed by atoms with Crippen molar-refractivity contribution in [3.8, 4) is 0 Å². The SMILES string of the molecule is CC1CCC12CCCNC2. The van der Waals surface area contributed by atoms with E-state index in [1.54, 1.807) is 0 Å². The Hall–Kier alpha value is -0.0400. The average molecular weight is 139 g/mol. The summed E-state index contributed by atoms with van der Waals surface area (Å²) in [6.07, 6.45) is 5.86. The Bertz CT molecular complexity index is 125. The van der Waals surface area contributed by atoms with E-state index in [9.17, 15) is 0 Å². The van der Waals surface area contributed by atoms with Gasteiger partial charge < -0.3 is 5.32 Å². The van der Waals surface area contributed by atoms with Crippen molar-refractivity contribution in [2.75, 3.05) is 13.1 Å². The molecule has 2 fully saturated rings. The van der Waals surface area contributed by atoms with Crippen LogP contribution < -0.4 is 5.32 Å². The van der Waals surface area contributed by atoms with Gasteiger partial charge in [-0.3, -0.25) is 0 Å². The third-order valence-corrected chi connectivity index (χ3v) is 3.63. The average Bonchev–Trinajstić information content (AvgIpc) is 2.04. The first-order valence-electron chi connectivity index (χ1n) is 4.54. The fourth-order valence-electron chi connectivity index (χ4n) is 2.47. The smallest absolute Gasteiger partial charge is 0.00104 e. The summed E-state index contributed by atoms with van der Waals surface area (Å²) in [6.45, 7) is 4.97. The zero-order valence-corrected chi connectivity index (χ0v) is 6.82. The van der Waals surface area contributed by atoms with Crippen molar-refractivity contribution in [1.82, 2.24) is 5.32 Å². The van der Waals surface area contributed by atoms with Crippen molar-refractivity contribution in [3.05, 3.63) is 0 Å². The lowest BCUT2D eigenvalue weighted by molar-refractivity contribution is 0.0170. The van der Waals surface area contributed by atoms with Crippen LogP contribution in [0.2, 0.25) is 0 Å². The second-order valence-electron chi connectivity index (χ2n) is 4.08. The Morgan fingerprint density at radius 3 is 2.60 bits per heavy atom. The van der Waals surface area contributed by atoms with Gasteiger partial charge in [0.25, 0.3) is 0 Å². The zero-order chi connectivity index (χ0) is 7.03. The molecule has 1 heteroatoms. The lowest BCUT2D eigenvalue weighted by atomic mass is 9.58. The number of rotatable bonds is 0. The summed E-state index contributed by atoms with van der Waals surface area (Å²) in [5.41, 5.74) is 0.748. The summed E-state index contributed by atoms with van der Waals surface area (Å²) in [4.78, 5) is 0. The van der Waals surface area contributed by atoms with Gasteiger partial charge in [-0.05, 0) is 43.6 Å². The molecule has 1 nitrogen and oxygen atoms in total. The summed E-state index contributed by atoms with van der Waals surface area (Å²) in [6, 6.07) is 0. The Labute approximate surface area is 63.2 Å². The first-order valence-corrected chi connectivity index (χ1v) is 4.54. The maximum absolute atomic E-state index is 3.51. The lowest BCUT2D eigenvalue weighted by Crippen LogP contribution is -2.49. The van der Waals surface area contributed by atoms with Crippen molar-refractivity contribution >= 4 is 0 Å². The van der Waals surface area contributed by atoms with Gasteiger partial charge in [-0.25, -0.2) is 0 Å². The number of hydrogen-bond donors (Lipinski definition) is 1. The summed E-state index contributed by atoms with van der Waals surface area (Å²) in [5, 5.41) is 3.51. The number of hydrogen-bond acceptors (Lipinski definition) is 1. The molecule has 1 heterocycles. The molecule has 2 aliphatic rings. The van der Waals surface area contributed by atoms with Crippen molar-refractivity contribution in [1.29, 1.82) is 0 Å². The molecule has 1 saturated heterocycles. The van der Waals surface area contributed by atoms with Gasteiger partial charge >= 0.3 is 0 Å². The molecule has 0 amide bonds. The molecule has 0 radical (unpaired) electrons. The highest BCUT2D eigenvalue weighted by Crippen LogP contribution is 2.50. The van der Waals surface area contributed by atoms with E-state index in [0.29, 0.717) is 0 Å². The van der Waals surface area contributed by atoms with Gasteiger partial charge in [-0.2, -0.15) is 0 Å². The quantitative estimate of drug-likeness (QED) is 0.539. The third-order valence-electron chi connectivity index (χ3n) is 3.63. The zero-order valence-electron chi connectivity index (χ0n) is 6.82. The number of nitrogens with one attached hydrogen (secondary N) is 1. The van der Waals surface area contributed by atoms with Gasteiger partial charge in [0.2, 0.25) is 0 Å². The first-order chi connectivity index (χ1) is 4.83. The molecule has 0 aromatic carbocycles. The van der Waals surface area contributed by atoms with Crippen LogP contribution in [0.4, 0.5) is 0 Å². The van der Waals surface area contributed by atoms with Gasteiger partial charge in [0.05, 0.1) is 0 Å². The first kappa shape index (κ1) is 6.66. The number of piperidine rings is 1. The minimum absolute atomic E-state index is 0.748. The molecule has 58 valence electrons. The molecule has 2 rings (SSSR count). The maximum Gasteiger partial charge on any atom is 0.00104 e. The Kier molecular flexibility index (Phi) is 1.48. The molecular formula is C9H17N. The highest BCUT2D eigenvalue weighted by Gasteiger charge is 2.43. The van der Waals surface area contributed by atoms with Crippen molar-refractivity contribution in [2.45, 2.75) is 32.6 Å². The second kappa shape index (κ2) is 2.23. The molecular weight excluding hydrogens is 122 g/mol. The summed E-state index contributed by atoms with van der Waals surface area (Å²) in [7, 11) is 0. The van der Waals surface area contributed by atoms with Crippen LogP contribution in [-0.2, 0) is 0 Å². The van der Waals surface area contributed by atoms with Crippen LogP contribution in [0, 0.1) is 11.3 Å². The van der Waals surface area contributed by atoms with E-state index < -0.39 is 0 Å². The van der Waals surface area contributed by atoms with E-state index in [-0.39, 0.29) is 0 Å². The molecule has 1 saturated carbocycles. The topological polar surface area (TPSA) is 12.0 Å². The van der Waals surface area contributed by atoms with Crippen molar-refractivity contribution in [3.63, 3.8) is 0 Å². The van der Waals surface area contributed by atoms with Crippen LogP contribution in [0.1, 0.15) is 32.6 Å². The fourth-order valence-corrected chi connectivity index (χ4v) is 2.47. The standard InChI is InChI=1S/C9H17N/c1-8-3-5-9(8)4-2-6-10-7-9/h8,10H,2-7H2,1H3. The summed E-state index contributed by atoms with van der Waals surface area (Å²) >= 11 is 0. The fraction of sp³-hybridized carbons (Fsp3) is 1.00. The Balaban J connectivity index is 1.99. The minimum atomic E-state index is 0.748. The molecule has 10 heavy (non-hydrogen) atoms. The molecule has 0 aromatic heterocycles.